The van der Waals surface area contributed by atoms with Crippen LogP contribution in [0.25, 0.3) is 0 Å². The summed E-state index contributed by atoms with van der Waals surface area (Å²) in [6, 6.07) is 4.34. The van der Waals surface area contributed by atoms with Crippen LogP contribution in [0.5, 0.6) is 0 Å². The molecule has 1 aromatic carbocycles. The molecule has 3 rings (SSSR count). The first-order valence-electron chi connectivity index (χ1n) is 12.6. The topological polar surface area (TPSA) is 94.2 Å². The number of ether oxygens (including phenoxy) is 1. The molecule has 37 heavy (non-hydrogen) atoms. The van der Waals surface area contributed by atoms with Crippen LogP contribution >= 0.6 is 0 Å². The van der Waals surface area contributed by atoms with Gasteiger partial charge in [-0.25, -0.2) is 18.8 Å². The summed E-state index contributed by atoms with van der Waals surface area (Å²) in [6.07, 6.45) is 1.59. The van der Waals surface area contributed by atoms with Crippen LogP contribution in [-0.4, -0.2) is 83.6 Å². The van der Waals surface area contributed by atoms with E-state index in [1.165, 1.54) is 17.0 Å². The van der Waals surface area contributed by atoms with E-state index in [-0.39, 0.29) is 42.9 Å². The van der Waals surface area contributed by atoms with E-state index < -0.39 is 23.9 Å². The van der Waals surface area contributed by atoms with Crippen molar-refractivity contribution in [1.29, 1.82) is 0 Å². The highest BCUT2D eigenvalue weighted by Crippen LogP contribution is 2.32. The van der Waals surface area contributed by atoms with E-state index in [4.69, 9.17) is 4.74 Å². The Morgan fingerprint density at radius 2 is 2.03 bits per heavy atom. The van der Waals surface area contributed by atoms with E-state index in [1.807, 2.05) is 27.7 Å². The predicted octanol–water partition coefficient (Wildman–Crippen LogP) is 3.41. The summed E-state index contributed by atoms with van der Waals surface area (Å²) in [4.78, 5) is 44.6. The lowest BCUT2D eigenvalue weighted by Crippen LogP contribution is -2.59. The van der Waals surface area contributed by atoms with Crippen LogP contribution in [0, 0.1) is 5.82 Å². The third-order valence-corrected chi connectivity index (χ3v) is 6.26. The third-order valence-electron chi connectivity index (χ3n) is 6.26. The Morgan fingerprint density at radius 1 is 1.30 bits per heavy atom. The third kappa shape index (κ3) is 6.88. The summed E-state index contributed by atoms with van der Waals surface area (Å²) < 4.78 is 19.5. The van der Waals surface area contributed by atoms with Crippen molar-refractivity contribution >= 4 is 18.0 Å². The fraction of sp³-hybridized carbons (Fsp3) is 0.519. The highest BCUT2D eigenvalue weighted by atomic mass is 19.1. The minimum absolute atomic E-state index is 0.0907. The second-order valence-electron chi connectivity index (χ2n) is 10.4. The minimum atomic E-state index is -0.866. The molecule has 2 aliphatic rings. The van der Waals surface area contributed by atoms with Crippen LogP contribution < -0.4 is 10.6 Å². The van der Waals surface area contributed by atoms with Crippen LogP contribution in [0.3, 0.4) is 0 Å². The largest absolute Gasteiger partial charge is 0.463 e. The van der Waals surface area contributed by atoms with Crippen LogP contribution in [0.1, 0.15) is 46.2 Å². The van der Waals surface area contributed by atoms with Crippen molar-refractivity contribution in [2.24, 2.45) is 0 Å². The van der Waals surface area contributed by atoms with E-state index in [0.29, 0.717) is 30.9 Å². The predicted molar refractivity (Wildman–Crippen MR) is 139 cm³/mol. The average molecular weight is 516 g/mol. The lowest BCUT2D eigenvalue weighted by molar-refractivity contribution is -0.139. The number of carbonyl (C=O) groups is 3. The molecule has 2 aliphatic heterocycles. The maximum absolute atomic E-state index is 14.1. The average Bonchev–Trinajstić information content (AvgIpc) is 2.80. The number of amides is 4. The molecule has 0 aliphatic carbocycles. The molecule has 0 saturated carbocycles. The number of nitrogens with one attached hydrogen (secondary N) is 2. The van der Waals surface area contributed by atoms with Crippen LogP contribution in [0.4, 0.5) is 14.0 Å². The Kier molecular flexibility index (Phi) is 8.96. The normalized spacial score (nSPS) is 21.0. The van der Waals surface area contributed by atoms with Crippen molar-refractivity contribution in [1.82, 2.24) is 25.3 Å². The van der Waals surface area contributed by atoms with E-state index in [2.05, 4.69) is 22.1 Å². The first-order valence-corrected chi connectivity index (χ1v) is 12.6. The number of rotatable bonds is 7. The van der Waals surface area contributed by atoms with Gasteiger partial charge in [0, 0.05) is 50.0 Å². The Bertz CT molecular complexity index is 1070. The zero-order chi connectivity index (χ0) is 27.3. The molecule has 0 unspecified atom stereocenters. The zero-order valence-corrected chi connectivity index (χ0v) is 22.3. The number of benzene rings is 1. The quantitative estimate of drug-likeness (QED) is 0.429. The second kappa shape index (κ2) is 11.8. The van der Waals surface area contributed by atoms with Gasteiger partial charge in [-0.15, -0.1) is 6.58 Å². The van der Waals surface area contributed by atoms with Crippen molar-refractivity contribution in [3.05, 3.63) is 59.6 Å². The van der Waals surface area contributed by atoms with Gasteiger partial charge in [0.1, 0.15) is 5.82 Å². The second-order valence-corrected chi connectivity index (χ2v) is 10.4. The van der Waals surface area contributed by atoms with E-state index in [9.17, 15) is 18.8 Å². The molecule has 1 saturated heterocycles. The molecule has 0 aromatic heterocycles. The Morgan fingerprint density at radius 3 is 2.62 bits per heavy atom. The Hall–Kier alpha value is -3.40. The number of halogens is 1. The van der Waals surface area contributed by atoms with Crippen molar-refractivity contribution in [3.63, 3.8) is 0 Å². The number of hydrogen-bond acceptors (Lipinski definition) is 5. The van der Waals surface area contributed by atoms with Gasteiger partial charge >= 0.3 is 18.0 Å². The standard InChI is InChI=1S/C27H38FN5O4/c1-7-12-33-21(17-31-13-14-32(18(3)16-31)26(36)30-27(4,5)6)22(24(34)37-8-2)23(29-25(33)35)19-10-9-11-20(28)15-19/h7,9-11,15,18,23H,1,8,12-14,16-17H2,2-6H3,(H,29,35)(H,30,36)/t18-,23-/m0/s1. The number of urea groups is 2. The molecule has 1 fully saturated rings. The first kappa shape index (κ1) is 28.2. The summed E-state index contributed by atoms with van der Waals surface area (Å²) >= 11 is 0. The summed E-state index contributed by atoms with van der Waals surface area (Å²) in [7, 11) is 0. The molecule has 2 atom stereocenters. The molecule has 2 N–H and O–H groups in total. The number of esters is 1. The summed E-state index contributed by atoms with van der Waals surface area (Å²) in [5.74, 6) is -1.04. The molecule has 9 nitrogen and oxygen atoms in total. The van der Waals surface area contributed by atoms with Crippen molar-refractivity contribution < 1.29 is 23.5 Å². The van der Waals surface area contributed by atoms with Crippen LogP contribution in [-0.2, 0) is 9.53 Å². The van der Waals surface area contributed by atoms with Crippen molar-refractivity contribution in [2.45, 2.75) is 52.2 Å². The van der Waals surface area contributed by atoms with Gasteiger partial charge in [0.05, 0.1) is 18.2 Å². The van der Waals surface area contributed by atoms with Gasteiger partial charge in [-0.2, -0.15) is 0 Å². The minimum Gasteiger partial charge on any atom is -0.463 e. The Labute approximate surface area is 218 Å². The lowest BCUT2D eigenvalue weighted by atomic mass is 9.94. The molecule has 2 heterocycles. The smallest absolute Gasteiger partial charge is 0.338 e. The summed E-state index contributed by atoms with van der Waals surface area (Å²) in [5.41, 5.74) is 0.842. The number of carbonyl (C=O) groups excluding carboxylic acids is 3. The van der Waals surface area contributed by atoms with Gasteiger partial charge in [-0.3, -0.25) is 9.80 Å². The molecular formula is C27H38FN5O4. The highest BCUT2D eigenvalue weighted by Gasteiger charge is 2.39. The molecule has 0 spiro atoms. The molecule has 202 valence electrons. The van der Waals surface area contributed by atoms with E-state index in [0.717, 1.165) is 0 Å². The van der Waals surface area contributed by atoms with E-state index >= 15 is 0 Å². The zero-order valence-electron chi connectivity index (χ0n) is 22.3. The maximum atomic E-state index is 14.1. The molecule has 0 radical (unpaired) electrons. The number of hydrogen-bond donors (Lipinski definition) is 2. The van der Waals surface area contributed by atoms with Crippen molar-refractivity contribution in [2.75, 3.05) is 39.3 Å². The molecular weight excluding hydrogens is 477 g/mol. The fourth-order valence-corrected chi connectivity index (χ4v) is 4.66. The van der Waals surface area contributed by atoms with Gasteiger partial charge in [0.15, 0.2) is 0 Å². The van der Waals surface area contributed by atoms with Gasteiger partial charge in [0.2, 0.25) is 0 Å². The SMILES string of the molecule is C=CCN1C(=O)N[C@@H](c2cccc(F)c2)C(C(=O)OCC)=C1CN1CCN(C(=O)NC(C)(C)C)[C@@H](C)C1. The van der Waals surface area contributed by atoms with Crippen molar-refractivity contribution in [3.8, 4) is 0 Å². The maximum Gasteiger partial charge on any atom is 0.338 e. The first-order chi connectivity index (χ1) is 17.4. The molecule has 4 amide bonds. The van der Waals surface area contributed by atoms with Crippen LogP contribution in [0.2, 0.25) is 0 Å². The molecule has 10 heteroatoms. The lowest BCUT2D eigenvalue weighted by Gasteiger charge is -2.43. The van der Waals surface area contributed by atoms with Gasteiger partial charge < -0.3 is 20.3 Å². The van der Waals surface area contributed by atoms with Gasteiger partial charge in [0.25, 0.3) is 0 Å². The van der Waals surface area contributed by atoms with Crippen LogP contribution in [0.15, 0.2) is 48.2 Å². The van der Waals surface area contributed by atoms with E-state index in [1.54, 1.807) is 30.0 Å². The molecule has 0 bridgehead atoms. The van der Waals surface area contributed by atoms with Gasteiger partial charge in [-0.1, -0.05) is 18.2 Å². The Balaban J connectivity index is 1.96. The summed E-state index contributed by atoms with van der Waals surface area (Å²) in [6.45, 7) is 15.5. The highest BCUT2D eigenvalue weighted by molar-refractivity contribution is 5.95. The van der Waals surface area contributed by atoms with Gasteiger partial charge in [-0.05, 0) is 52.3 Å². The molecule has 1 aromatic rings. The number of nitrogens with zero attached hydrogens (tertiary/aromatic N) is 3. The number of piperazine rings is 1. The fourth-order valence-electron chi connectivity index (χ4n) is 4.66. The summed E-state index contributed by atoms with van der Waals surface area (Å²) in [5, 5.41) is 5.84. The monoisotopic (exact) mass is 515 g/mol.